The number of aryl methyl sites for hydroxylation is 1. The van der Waals surface area contributed by atoms with Gasteiger partial charge in [-0.05, 0) is 19.1 Å². The Morgan fingerprint density at radius 3 is 2.61 bits per heavy atom. The molecule has 2 amide bonds. The highest BCUT2D eigenvalue weighted by Crippen LogP contribution is 2.32. The molecule has 0 bridgehead atoms. The lowest BCUT2D eigenvalue weighted by Gasteiger charge is -2.36. The molecule has 2 aromatic rings. The number of hydrogen-bond donors (Lipinski definition) is 3. The smallest absolute Gasteiger partial charge is 0.317 e. The Hall–Kier alpha value is -3.14. The number of carbonyl (C=O) groups excluding carboxylic acids is 1. The first kappa shape index (κ1) is 19.6. The zero-order chi connectivity index (χ0) is 20.1. The highest BCUT2D eigenvalue weighted by Gasteiger charge is 2.25. The Kier molecular flexibility index (Phi) is 6.09. The minimum Gasteiger partial charge on any atom is -0.384 e. The van der Waals surface area contributed by atoms with E-state index in [0.717, 1.165) is 22.6 Å². The summed E-state index contributed by atoms with van der Waals surface area (Å²) < 4.78 is 4.96. The fourth-order valence-electron chi connectivity index (χ4n) is 3.19. The summed E-state index contributed by atoms with van der Waals surface area (Å²) in [5.74, 6) is 1.42. The molecule has 0 saturated carbocycles. The van der Waals surface area contributed by atoms with Crippen molar-refractivity contribution in [2.24, 2.45) is 0 Å². The number of methoxy groups -OCH3 is 1. The highest BCUT2D eigenvalue weighted by molar-refractivity contribution is 5.79. The van der Waals surface area contributed by atoms with E-state index in [4.69, 9.17) is 16.2 Å². The van der Waals surface area contributed by atoms with Crippen molar-refractivity contribution in [3.8, 4) is 11.1 Å². The summed E-state index contributed by atoms with van der Waals surface area (Å²) in [4.78, 5) is 29.1. The van der Waals surface area contributed by atoms with E-state index in [1.165, 1.54) is 0 Å². The number of nitrogens with zero attached hydrogens (tertiary/aromatic N) is 5. The second kappa shape index (κ2) is 8.70. The van der Waals surface area contributed by atoms with E-state index in [2.05, 4.69) is 25.2 Å². The third-order valence-corrected chi connectivity index (χ3v) is 4.61. The van der Waals surface area contributed by atoms with Gasteiger partial charge in [0.25, 0.3) is 0 Å². The van der Waals surface area contributed by atoms with Crippen LogP contribution in [0.4, 0.5) is 22.4 Å². The summed E-state index contributed by atoms with van der Waals surface area (Å²) in [6, 6.07) is 3.56. The molecule has 5 N–H and O–H groups in total. The van der Waals surface area contributed by atoms with Crippen molar-refractivity contribution < 1.29 is 9.53 Å². The van der Waals surface area contributed by atoms with Gasteiger partial charge in [0.15, 0.2) is 0 Å². The number of pyridine rings is 1. The molecule has 0 aromatic carbocycles. The Balaban J connectivity index is 1.77. The van der Waals surface area contributed by atoms with Crippen molar-refractivity contribution in [1.29, 1.82) is 0 Å². The van der Waals surface area contributed by atoms with E-state index in [1.54, 1.807) is 24.3 Å². The fraction of sp³-hybridized carbons (Fsp3) is 0.444. The number of rotatable bonds is 5. The van der Waals surface area contributed by atoms with Gasteiger partial charge in [-0.3, -0.25) is 0 Å². The highest BCUT2D eigenvalue weighted by atomic mass is 16.5. The van der Waals surface area contributed by atoms with Gasteiger partial charge in [-0.15, -0.1) is 0 Å². The van der Waals surface area contributed by atoms with Gasteiger partial charge in [0.05, 0.1) is 12.3 Å². The van der Waals surface area contributed by atoms with E-state index < -0.39 is 0 Å². The van der Waals surface area contributed by atoms with Gasteiger partial charge in [0.1, 0.15) is 11.6 Å². The van der Waals surface area contributed by atoms with Crippen LogP contribution in [0.1, 0.15) is 5.69 Å². The maximum absolute atomic E-state index is 12.2. The van der Waals surface area contributed by atoms with Crippen LogP contribution in [0.15, 0.2) is 18.3 Å². The van der Waals surface area contributed by atoms with Crippen LogP contribution in [0, 0.1) is 6.92 Å². The van der Waals surface area contributed by atoms with Crippen molar-refractivity contribution in [2.45, 2.75) is 6.92 Å². The Bertz CT molecular complexity index is 819. The lowest BCUT2D eigenvalue weighted by molar-refractivity contribution is 0.177. The minimum atomic E-state index is -0.0851. The van der Waals surface area contributed by atoms with Gasteiger partial charge >= 0.3 is 6.03 Å². The number of carbonyl (C=O) groups is 1. The molecule has 3 rings (SSSR count). The van der Waals surface area contributed by atoms with Crippen molar-refractivity contribution in [2.75, 3.05) is 62.8 Å². The minimum absolute atomic E-state index is 0.0851. The summed E-state index contributed by atoms with van der Waals surface area (Å²) in [5, 5.41) is 2.85. The molecule has 2 aromatic heterocycles. The molecule has 1 aliphatic rings. The number of nitrogens with two attached hydrogens (primary N) is 2. The number of urea groups is 1. The first-order valence-electron chi connectivity index (χ1n) is 9.12. The average molecular weight is 386 g/mol. The number of ether oxygens (including phenoxy) is 1. The normalized spacial score (nSPS) is 14.2. The van der Waals surface area contributed by atoms with Gasteiger partial charge in [0.2, 0.25) is 5.95 Å². The van der Waals surface area contributed by atoms with E-state index in [-0.39, 0.29) is 12.0 Å². The third kappa shape index (κ3) is 4.39. The molecule has 0 unspecified atom stereocenters. The Morgan fingerprint density at radius 1 is 1.21 bits per heavy atom. The monoisotopic (exact) mass is 386 g/mol. The Labute approximate surface area is 163 Å². The number of aromatic nitrogens is 3. The molecule has 0 spiro atoms. The standard InChI is InChI=1S/C18H26N8O2/c1-12-15(13-3-4-14(19)22-11-13)16(24-17(20)23-12)25-6-8-26(9-7-25)18(27)21-5-10-28-2/h3-4,11H,5-10H2,1-2H3,(H2,19,22)(H,21,27)(H2,20,23,24). The lowest BCUT2D eigenvalue weighted by atomic mass is 10.1. The van der Waals surface area contributed by atoms with E-state index in [9.17, 15) is 4.79 Å². The predicted octanol–water partition coefficient (Wildman–Crippen LogP) is 0.489. The van der Waals surface area contributed by atoms with Crippen molar-refractivity contribution in [1.82, 2.24) is 25.2 Å². The summed E-state index contributed by atoms with van der Waals surface area (Å²) in [7, 11) is 1.61. The van der Waals surface area contributed by atoms with Crippen molar-refractivity contribution >= 4 is 23.6 Å². The van der Waals surface area contributed by atoms with Gasteiger partial charge < -0.3 is 31.3 Å². The van der Waals surface area contributed by atoms with Gasteiger partial charge in [-0.1, -0.05) is 0 Å². The van der Waals surface area contributed by atoms with Crippen LogP contribution in [0.3, 0.4) is 0 Å². The molecule has 28 heavy (non-hydrogen) atoms. The van der Waals surface area contributed by atoms with Crippen molar-refractivity contribution in [3.63, 3.8) is 0 Å². The number of nitrogen functional groups attached to an aromatic ring is 2. The third-order valence-electron chi connectivity index (χ3n) is 4.61. The van der Waals surface area contributed by atoms with Crippen LogP contribution in [-0.4, -0.2) is 72.3 Å². The van der Waals surface area contributed by atoms with Gasteiger partial charge in [-0.25, -0.2) is 14.8 Å². The molecule has 1 saturated heterocycles. The SMILES string of the molecule is COCCNC(=O)N1CCN(c2nc(N)nc(C)c2-c2ccc(N)nc2)CC1. The number of anilines is 3. The Morgan fingerprint density at radius 2 is 1.96 bits per heavy atom. The van der Waals surface area contributed by atoms with E-state index in [1.807, 2.05) is 13.0 Å². The zero-order valence-corrected chi connectivity index (χ0v) is 16.2. The molecular weight excluding hydrogens is 360 g/mol. The largest absolute Gasteiger partial charge is 0.384 e. The summed E-state index contributed by atoms with van der Waals surface area (Å²) >= 11 is 0. The van der Waals surface area contributed by atoms with E-state index in [0.29, 0.717) is 45.1 Å². The first-order chi connectivity index (χ1) is 13.5. The molecule has 1 aliphatic heterocycles. The van der Waals surface area contributed by atoms with Gasteiger partial charge in [-0.2, -0.15) is 4.98 Å². The zero-order valence-electron chi connectivity index (χ0n) is 16.2. The number of piperazine rings is 1. The van der Waals surface area contributed by atoms with Gasteiger partial charge in [0, 0.05) is 57.2 Å². The topological polar surface area (TPSA) is 136 Å². The predicted molar refractivity (Wildman–Crippen MR) is 108 cm³/mol. The molecule has 150 valence electrons. The van der Waals surface area contributed by atoms with Crippen LogP contribution in [0.5, 0.6) is 0 Å². The second-order valence-corrected chi connectivity index (χ2v) is 6.54. The first-order valence-corrected chi connectivity index (χ1v) is 9.12. The van der Waals surface area contributed by atoms with Crippen LogP contribution >= 0.6 is 0 Å². The van der Waals surface area contributed by atoms with Crippen LogP contribution in [0.2, 0.25) is 0 Å². The summed E-state index contributed by atoms with van der Waals surface area (Å²) in [6.45, 7) is 5.33. The molecule has 3 heterocycles. The second-order valence-electron chi connectivity index (χ2n) is 6.54. The average Bonchev–Trinajstić information content (AvgIpc) is 2.69. The van der Waals surface area contributed by atoms with E-state index >= 15 is 0 Å². The number of hydrogen-bond acceptors (Lipinski definition) is 8. The summed E-state index contributed by atoms with van der Waals surface area (Å²) in [5.41, 5.74) is 14.1. The van der Waals surface area contributed by atoms with Crippen LogP contribution in [-0.2, 0) is 4.74 Å². The number of nitrogens with one attached hydrogen (secondary N) is 1. The molecule has 0 aliphatic carbocycles. The quantitative estimate of drug-likeness (QED) is 0.632. The van der Waals surface area contributed by atoms with Crippen molar-refractivity contribution in [3.05, 3.63) is 24.0 Å². The molecular formula is C18H26N8O2. The maximum Gasteiger partial charge on any atom is 0.317 e. The van der Waals surface area contributed by atoms with Crippen LogP contribution < -0.4 is 21.7 Å². The fourth-order valence-corrected chi connectivity index (χ4v) is 3.19. The molecule has 1 fully saturated rings. The molecule has 0 radical (unpaired) electrons. The molecule has 0 atom stereocenters. The molecule has 10 nitrogen and oxygen atoms in total. The molecule has 10 heteroatoms. The summed E-state index contributed by atoms with van der Waals surface area (Å²) in [6.07, 6.45) is 1.71. The number of amides is 2. The lowest BCUT2D eigenvalue weighted by Crippen LogP contribution is -2.52. The maximum atomic E-state index is 12.2. The van der Waals surface area contributed by atoms with Crippen LogP contribution in [0.25, 0.3) is 11.1 Å².